The van der Waals surface area contributed by atoms with E-state index < -0.39 is 5.97 Å². The second-order valence-corrected chi connectivity index (χ2v) is 6.28. The van der Waals surface area contributed by atoms with Crippen LogP contribution in [0.2, 0.25) is 5.02 Å². The highest BCUT2D eigenvalue weighted by atomic mass is 35.5. The van der Waals surface area contributed by atoms with Gasteiger partial charge < -0.3 is 9.15 Å². The standard InChI is InChI=1S/C19H13ClN2O4/c1-11-3-2-6-22-17(23)9-14(21-18(11)22)10-25-19(24)16-8-12-7-13(20)4-5-15(12)26-16/h2-9H,10H2,1H3. The molecule has 0 aliphatic heterocycles. The lowest BCUT2D eigenvalue weighted by molar-refractivity contribution is 0.0434. The van der Waals surface area contributed by atoms with Gasteiger partial charge in [-0.15, -0.1) is 0 Å². The van der Waals surface area contributed by atoms with Crippen LogP contribution in [0, 0.1) is 6.92 Å². The van der Waals surface area contributed by atoms with Crippen LogP contribution in [0.25, 0.3) is 16.6 Å². The van der Waals surface area contributed by atoms with Crippen molar-refractivity contribution in [1.29, 1.82) is 0 Å². The Bertz CT molecular complexity index is 1210. The van der Waals surface area contributed by atoms with Crippen molar-refractivity contribution in [3.05, 3.63) is 81.1 Å². The largest absolute Gasteiger partial charge is 0.453 e. The number of nitrogens with zero attached hydrogens (tertiary/aromatic N) is 2. The molecule has 0 unspecified atom stereocenters. The van der Waals surface area contributed by atoms with E-state index in [0.29, 0.717) is 27.3 Å². The molecule has 130 valence electrons. The van der Waals surface area contributed by atoms with Crippen molar-refractivity contribution in [2.24, 2.45) is 0 Å². The maximum absolute atomic E-state index is 12.2. The Morgan fingerprint density at radius 2 is 2.12 bits per heavy atom. The van der Waals surface area contributed by atoms with E-state index in [2.05, 4.69) is 4.98 Å². The zero-order valence-corrected chi connectivity index (χ0v) is 14.5. The van der Waals surface area contributed by atoms with Crippen LogP contribution in [-0.2, 0) is 11.3 Å². The van der Waals surface area contributed by atoms with Gasteiger partial charge in [-0.2, -0.15) is 0 Å². The molecule has 0 aliphatic carbocycles. The summed E-state index contributed by atoms with van der Waals surface area (Å²) in [7, 11) is 0. The molecule has 1 aromatic carbocycles. The molecule has 4 aromatic rings. The summed E-state index contributed by atoms with van der Waals surface area (Å²) in [5.41, 5.74) is 2.07. The molecule has 0 radical (unpaired) electrons. The van der Waals surface area contributed by atoms with Crippen LogP contribution in [-0.4, -0.2) is 15.4 Å². The van der Waals surface area contributed by atoms with E-state index in [1.165, 1.54) is 10.5 Å². The molecule has 0 bridgehead atoms. The van der Waals surface area contributed by atoms with Gasteiger partial charge in [-0.25, -0.2) is 9.78 Å². The van der Waals surface area contributed by atoms with Gasteiger partial charge in [0.15, 0.2) is 0 Å². The number of benzene rings is 1. The summed E-state index contributed by atoms with van der Waals surface area (Å²) in [5.74, 6) is -0.569. The fourth-order valence-corrected chi connectivity index (χ4v) is 2.89. The second kappa shape index (κ2) is 6.31. The SMILES string of the molecule is Cc1cccn2c(=O)cc(COC(=O)c3cc4cc(Cl)ccc4o3)nc12. The van der Waals surface area contributed by atoms with Crippen LogP contribution in [0.5, 0.6) is 0 Å². The fourth-order valence-electron chi connectivity index (χ4n) is 2.71. The Morgan fingerprint density at radius 3 is 2.96 bits per heavy atom. The van der Waals surface area contributed by atoms with Gasteiger partial charge in [0.1, 0.15) is 17.8 Å². The lowest BCUT2D eigenvalue weighted by Crippen LogP contribution is -2.17. The van der Waals surface area contributed by atoms with Gasteiger partial charge in [-0.3, -0.25) is 9.20 Å². The zero-order valence-electron chi connectivity index (χ0n) is 13.7. The van der Waals surface area contributed by atoms with Gasteiger partial charge >= 0.3 is 5.97 Å². The third kappa shape index (κ3) is 2.95. The molecule has 3 aromatic heterocycles. The summed E-state index contributed by atoms with van der Waals surface area (Å²) in [5, 5.41) is 1.26. The molecule has 0 aliphatic rings. The molecule has 0 N–H and O–H groups in total. The minimum Gasteiger partial charge on any atom is -0.453 e. The molecule has 4 rings (SSSR count). The lowest BCUT2D eigenvalue weighted by atomic mass is 10.2. The van der Waals surface area contributed by atoms with Crippen LogP contribution >= 0.6 is 11.6 Å². The summed E-state index contributed by atoms with van der Waals surface area (Å²) in [6.07, 6.45) is 1.65. The molecule has 3 heterocycles. The van der Waals surface area contributed by atoms with Crippen LogP contribution in [0.1, 0.15) is 21.8 Å². The number of carbonyl (C=O) groups excluding carboxylic acids is 1. The van der Waals surface area contributed by atoms with Crippen molar-refractivity contribution in [1.82, 2.24) is 9.38 Å². The van der Waals surface area contributed by atoms with Gasteiger partial charge in [-0.05, 0) is 42.8 Å². The summed E-state index contributed by atoms with van der Waals surface area (Å²) in [6, 6.07) is 11.6. The Morgan fingerprint density at radius 1 is 1.27 bits per heavy atom. The van der Waals surface area contributed by atoms with E-state index in [-0.39, 0.29) is 17.9 Å². The Hall–Kier alpha value is -3.12. The minimum absolute atomic E-state index is 0.0657. The van der Waals surface area contributed by atoms with Gasteiger partial charge in [0, 0.05) is 22.7 Å². The van der Waals surface area contributed by atoms with E-state index in [9.17, 15) is 9.59 Å². The molecular weight excluding hydrogens is 356 g/mol. The van der Waals surface area contributed by atoms with Crippen molar-refractivity contribution < 1.29 is 13.9 Å². The van der Waals surface area contributed by atoms with Crippen LogP contribution < -0.4 is 5.56 Å². The highest BCUT2D eigenvalue weighted by Gasteiger charge is 2.15. The maximum Gasteiger partial charge on any atom is 0.374 e. The van der Waals surface area contributed by atoms with E-state index in [4.69, 9.17) is 20.8 Å². The number of carbonyl (C=O) groups is 1. The number of ether oxygens (including phenoxy) is 1. The lowest BCUT2D eigenvalue weighted by Gasteiger charge is -2.06. The molecule has 0 fully saturated rings. The van der Waals surface area contributed by atoms with Crippen LogP contribution in [0.3, 0.4) is 0 Å². The third-order valence-electron chi connectivity index (χ3n) is 3.97. The molecule has 0 saturated carbocycles. The molecular formula is C19H13ClN2O4. The molecule has 6 nitrogen and oxygen atoms in total. The first-order chi connectivity index (χ1) is 12.5. The van der Waals surface area contributed by atoms with Crippen molar-refractivity contribution >= 4 is 34.2 Å². The minimum atomic E-state index is -0.635. The number of rotatable bonds is 3. The molecule has 0 saturated heterocycles. The number of hydrogen-bond donors (Lipinski definition) is 0. The maximum atomic E-state index is 12.2. The van der Waals surface area contributed by atoms with Gasteiger partial charge in [0.2, 0.25) is 5.76 Å². The Balaban J connectivity index is 1.58. The van der Waals surface area contributed by atoms with Crippen LogP contribution in [0.4, 0.5) is 0 Å². The molecule has 0 spiro atoms. The summed E-state index contributed by atoms with van der Waals surface area (Å²) in [4.78, 5) is 28.8. The zero-order chi connectivity index (χ0) is 18.3. The first-order valence-corrected chi connectivity index (χ1v) is 8.23. The van der Waals surface area contributed by atoms with Gasteiger partial charge in [0.05, 0.1) is 5.69 Å². The van der Waals surface area contributed by atoms with Crippen molar-refractivity contribution in [2.75, 3.05) is 0 Å². The highest BCUT2D eigenvalue weighted by Crippen LogP contribution is 2.23. The van der Waals surface area contributed by atoms with E-state index >= 15 is 0 Å². The number of halogens is 1. The number of esters is 1. The summed E-state index contributed by atoms with van der Waals surface area (Å²) >= 11 is 5.93. The second-order valence-electron chi connectivity index (χ2n) is 5.84. The van der Waals surface area contributed by atoms with Crippen molar-refractivity contribution in [2.45, 2.75) is 13.5 Å². The number of aryl methyl sites for hydroxylation is 1. The number of pyridine rings is 1. The predicted molar refractivity (Wildman–Crippen MR) is 96.5 cm³/mol. The Kier molecular flexibility index (Phi) is 3.97. The molecule has 0 atom stereocenters. The average molecular weight is 369 g/mol. The molecule has 26 heavy (non-hydrogen) atoms. The smallest absolute Gasteiger partial charge is 0.374 e. The fraction of sp³-hybridized carbons (Fsp3) is 0.105. The van der Waals surface area contributed by atoms with Gasteiger partial charge in [0.25, 0.3) is 5.56 Å². The van der Waals surface area contributed by atoms with E-state index in [1.54, 1.807) is 36.5 Å². The average Bonchev–Trinajstić information content (AvgIpc) is 3.04. The number of aromatic nitrogens is 2. The normalized spacial score (nSPS) is 11.2. The summed E-state index contributed by atoms with van der Waals surface area (Å²) < 4.78 is 12.2. The Labute approximate surface area is 152 Å². The van der Waals surface area contributed by atoms with Crippen LogP contribution in [0.15, 0.2) is 57.9 Å². The van der Waals surface area contributed by atoms with E-state index in [1.807, 2.05) is 13.0 Å². The summed E-state index contributed by atoms with van der Waals surface area (Å²) in [6.45, 7) is 1.73. The topological polar surface area (TPSA) is 73.8 Å². The number of fused-ring (bicyclic) bond motifs is 2. The number of furan rings is 1. The van der Waals surface area contributed by atoms with Gasteiger partial charge in [-0.1, -0.05) is 17.7 Å². The van der Waals surface area contributed by atoms with Crippen molar-refractivity contribution in [3.63, 3.8) is 0 Å². The first-order valence-electron chi connectivity index (χ1n) is 7.85. The van der Waals surface area contributed by atoms with Crippen molar-refractivity contribution in [3.8, 4) is 0 Å². The molecule has 0 amide bonds. The third-order valence-corrected chi connectivity index (χ3v) is 4.21. The number of hydrogen-bond acceptors (Lipinski definition) is 5. The highest BCUT2D eigenvalue weighted by molar-refractivity contribution is 6.31. The monoisotopic (exact) mass is 368 g/mol. The van der Waals surface area contributed by atoms with E-state index in [0.717, 1.165) is 5.56 Å². The quantitative estimate of drug-likeness (QED) is 0.515. The predicted octanol–water partition coefficient (Wildman–Crippen LogP) is 3.76. The first kappa shape index (κ1) is 16.4. The molecule has 7 heteroatoms.